The summed E-state index contributed by atoms with van der Waals surface area (Å²) in [6.45, 7) is 4.79. The normalized spacial score (nSPS) is 18.7. The maximum atomic E-state index is 5.90. The standard InChI is InChI=1S/C17H22ClN5O/c1-12-4-3-9-23(11-12)17(19-2)20-10-15-21-16(22-24-15)13-5-7-14(18)8-6-13/h5-8,12H,3-4,9-11H2,1-2H3,(H,19,20). The van der Waals surface area contributed by atoms with E-state index in [4.69, 9.17) is 16.1 Å². The highest BCUT2D eigenvalue weighted by molar-refractivity contribution is 6.30. The molecule has 1 aliphatic heterocycles. The lowest BCUT2D eigenvalue weighted by molar-refractivity contribution is 0.264. The number of nitrogens with zero attached hydrogens (tertiary/aromatic N) is 4. The zero-order chi connectivity index (χ0) is 16.9. The molecule has 6 nitrogen and oxygen atoms in total. The van der Waals surface area contributed by atoms with Crippen molar-refractivity contribution in [1.82, 2.24) is 20.4 Å². The highest BCUT2D eigenvalue weighted by atomic mass is 35.5. The third-order valence-corrected chi connectivity index (χ3v) is 4.39. The van der Waals surface area contributed by atoms with Crippen LogP contribution < -0.4 is 5.32 Å². The number of piperidine rings is 1. The lowest BCUT2D eigenvalue weighted by Gasteiger charge is -2.33. The molecule has 1 aromatic carbocycles. The number of hydrogen-bond donors (Lipinski definition) is 1. The lowest BCUT2D eigenvalue weighted by Crippen LogP contribution is -2.45. The molecule has 3 rings (SSSR count). The van der Waals surface area contributed by atoms with Gasteiger partial charge in [-0.3, -0.25) is 4.99 Å². The van der Waals surface area contributed by atoms with E-state index in [1.165, 1.54) is 12.8 Å². The number of likely N-dealkylation sites (tertiary alicyclic amines) is 1. The minimum absolute atomic E-state index is 0.456. The highest BCUT2D eigenvalue weighted by Crippen LogP contribution is 2.19. The summed E-state index contributed by atoms with van der Waals surface area (Å²) in [6, 6.07) is 7.37. The zero-order valence-corrected chi connectivity index (χ0v) is 14.8. The van der Waals surface area contributed by atoms with Crippen molar-refractivity contribution >= 4 is 17.6 Å². The first-order valence-electron chi connectivity index (χ1n) is 8.20. The van der Waals surface area contributed by atoms with Crippen LogP contribution in [0.3, 0.4) is 0 Å². The molecule has 24 heavy (non-hydrogen) atoms. The van der Waals surface area contributed by atoms with Gasteiger partial charge in [0.15, 0.2) is 5.96 Å². The summed E-state index contributed by atoms with van der Waals surface area (Å²) >= 11 is 5.90. The maximum Gasteiger partial charge on any atom is 0.246 e. The van der Waals surface area contributed by atoms with Crippen molar-refractivity contribution in [1.29, 1.82) is 0 Å². The van der Waals surface area contributed by atoms with Gasteiger partial charge in [0.1, 0.15) is 0 Å². The monoisotopic (exact) mass is 347 g/mol. The van der Waals surface area contributed by atoms with Crippen LogP contribution in [-0.2, 0) is 6.54 Å². The minimum atomic E-state index is 0.456. The number of guanidine groups is 1. The number of rotatable bonds is 3. The summed E-state index contributed by atoms with van der Waals surface area (Å²) in [4.78, 5) is 11.1. The number of halogens is 1. The largest absolute Gasteiger partial charge is 0.347 e. The van der Waals surface area contributed by atoms with Crippen molar-refractivity contribution in [2.24, 2.45) is 10.9 Å². The molecule has 7 heteroatoms. The molecule has 1 N–H and O–H groups in total. The SMILES string of the molecule is CN=C(NCc1nc(-c2ccc(Cl)cc2)no1)N1CCCC(C)C1. The molecule has 1 fully saturated rings. The Balaban J connectivity index is 1.61. The summed E-state index contributed by atoms with van der Waals surface area (Å²) in [5.41, 5.74) is 0.878. The van der Waals surface area contributed by atoms with Crippen LogP contribution in [0.2, 0.25) is 5.02 Å². The summed E-state index contributed by atoms with van der Waals surface area (Å²) in [7, 11) is 1.80. The number of benzene rings is 1. The quantitative estimate of drug-likeness (QED) is 0.682. The number of aromatic nitrogens is 2. The molecule has 1 saturated heterocycles. The summed E-state index contributed by atoms with van der Waals surface area (Å²) in [6.07, 6.45) is 2.48. The van der Waals surface area contributed by atoms with E-state index in [1.54, 1.807) is 7.05 Å². The van der Waals surface area contributed by atoms with Crippen molar-refractivity contribution in [2.75, 3.05) is 20.1 Å². The summed E-state index contributed by atoms with van der Waals surface area (Å²) in [5, 5.41) is 8.01. The Kier molecular flexibility index (Phi) is 5.35. The van der Waals surface area contributed by atoms with Gasteiger partial charge in [-0.25, -0.2) is 0 Å². The van der Waals surface area contributed by atoms with Crippen LogP contribution in [0.15, 0.2) is 33.8 Å². The second-order valence-corrected chi connectivity index (χ2v) is 6.55. The van der Waals surface area contributed by atoms with E-state index in [0.717, 1.165) is 24.6 Å². The highest BCUT2D eigenvalue weighted by Gasteiger charge is 2.19. The molecule has 0 saturated carbocycles. The van der Waals surface area contributed by atoms with Gasteiger partial charge in [0, 0.05) is 30.7 Å². The smallest absolute Gasteiger partial charge is 0.246 e. The Hall–Kier alpha value is -2.08. The zero-order valence-electron chi connectivity index (χ0n) is 14.0. The maximum absolute atomic E-state index is 5.90. The molecule has 0 radical (unpaired) electrons. The van der Waals surface area contributed by atoms with E-state index in [2.05, 4.69) is 32.3 Å². The van der Waals surface area contributed by atoms with Gasteiger partial charge in [-0.15, -0.1) is 0 Å². The molecule has 0 bridgehead atoms. The summed E-state index contributed by atoms with van der Waals surface area (Å²) in [5.74, 6) is 2.67. The molecule has 2 heterocycles. The van der Waals surface area contributed by atoms with Gasteiger partial charge in [-0.2, -0.15) is 4.98 Å². The van der Waals surface area contributed by atoms with Gasteiger partial charge in [0.05, 0.1) is 6.54 Å². The third-order valence-electron chi connectivity index (χ3n) is 4.14. The average molecular weight is 348 g/mol. The van der Waals surface area contributed by atoms with E-state index in [-0.39, 0.29) is 0 Å². The van der Waals surface area contributed by atoms with E-state index in [1.807, 2.05) is 24.3 Å². The van der Waals surface area contributed by atoms with Crippen LogP contribution in [0.1, 0.15) is 25.7 Å². The first kappa shape index (κ1) is 16.8. The lowest BCUT2D eigenvalue weighted by atomic mass is 10.0. The second kappa shape index (κ2) is 7.66. The van der Waals surface area contributed by atoms with Crippen LogP contribution in [-0.4, -0.2) is 41.1 Å². The fraction of sp³-hybridized carbons (Fsp3) is 0.471. The van der Waals surface area contributed by atoms with Gasteiger partial charge in [-0.05, 0) is 43.0 Å². The fourth-order valence-corrected chi connectivity index (χ4v) is 3.04. The Morgan fingerprint density at radius 2 is 2.21 bits per heavy atom. The van der Waals surface area contributed by atoms with Crippen LogP contribution >= 0.6 is 11.6 Å². The third kappa shape index (κ3) is 4.06. The van der Waals surface area contributed by atoms with E-state index in [0.29, 0.717) is 29.2 Å². The Morgan fingerprint density at radius 3 is 2.92 bits per heavy atom. The second-order valence-electron chi connectivity index (χ2n) is 6.11. The molecule has 1 aromatic heterocycles. The van der Waals surface area contributed by atoms with Crippen molar-refractivity contribution < 1.29 is 4.52 Å². The Labute approximate surface area is 146 Å². The van der Waals surface area contributed by atoms with Gasteiger partial charge in [0.25, 0.3) is 0 Å². The molecule has 1 atom stereocenters. The van der Waals surface area contributed by atoms with E-state index in [9.17, 15) is 0 Å². The molecule has 0 spiro atoms. The molecule has 128 valence electrons. The van der Waals surface area contributed by atoms with Crippen LogP contribution in [0.25, 0.3) is 11.4 Å². The van der Waals surface area contributed by atoms with Crippen molar-refractivity contribution in [3.8, 4) is 11.4 Å². The average Bonchev–Trinajstić information content (AvgIpc) is 3.05. The Bertz CT molecular complexity index is 697. The predicted molar refractivity (Wildman–Crippen MR) is 94.9 cm³/mol. The fourth-order valence-electron chi connectivity index (χ4n) is 2.91. The van der Waals surface area contributed by atoms with Crippen molar-refractivity contribution in [3.63, 3.8) is 0 Å². The molecule has 1 unspecified atom stereocenters. The van der Waals surface area contributed by atoms with Crippen molar-refractivity contribution in [3.05, 3.63) is 35.2 Å². The molecule has 1 aliphatic rings. The Morgan fingerprint density at radius 1 is 1.42 bits per heavy atom. The predicted octanol–water partition coefficient (Wildman–Crippen LogP) is 3.20. The van der Waals surface area contributed by atoms with Crippen LogP contribution in [0, 0.1) is 5.92 Å². The summed E-state index contributed by atoms with van der Waals surface area (Å²) < 4.78 is 5.32. The molecule has 0 aliphatic carbocycles. The number of nitrogens with one attached hydrogen (secondary N) is 1. The number of aliphatic imine (C=N–C) groups is 1. The minimum Gasteiger partial charge on any atom is -0.347 e. The van der Waals surface area contributed by atoms with E-state index < -0.39 is 0 Å². The molecule has 0 amide bonds. The molecular formula is C17H22ClN5O. The van der Waals surface area contributed by atoms with Crippen LogP contribution in [0.5, 0.6) is 0 Å². The van der Waals surface area contributed by atoms with Gasteiger partial charge in [0.2, 0.25) is 11.7 Å². The van der Waals surface area contributed by atoms with Gasteiger partial charge in [-0.1, -0.05) is 23.7 Å². The first-order chi connectivity index (χ1) is 11.7. The van der Waals surface area contributed by atoms with Gasteiger partial charge < -0.3 is 14.7 Å². The molecule has 2 aromatic rings. The van der Waals surface area contributed by atoms with Crippen LogP contribution in [0.4, 0.5) is 0 Å². The molecular weight excluding hydrogens is 326 g/mol. The first-order valence-corrected chi connectivity index (χ1v) is 8.57. The van der Waals surface area contributed by atoms with Crippen molar-refractivity contribution in [2.45, 2.75) is 26.3 Å². The number of hydrogen-bond acceptors (Lipinski definition) is 4. The topological polar surface area (TPSA) is 66.5 Å². The van der Waals surface area contributed by atoms with Gasteiger partial charge >= 0.3 is 0 Å². The van der Waals surface area contributed by atoms with E-state index >= 15 is 0 Å².